The lowest BCUT2D eigenvalue weighted by atomic mass is 9.95. The monoisotopic (exact) mass is 327 g/mol. The zero-order valence-electron chi connectivity index (χ0n) is 11.8. The van der Waals surface area contributed by atoms with E-state index in [2.05, 4.69) is 4.98 Å². The molecular formula is C15H13F4N3O. The lowest BCUT2D eigenvalue weighted by molar-refractivity contribution is -0.181. The number of anilines is 1. The Hall–Kier alpha value is -2.38. The van der Waals surface area contributed by atoms with Gasteiger partial charge in [-0.15, -0.1) is 0 Å². The molecule has 1 amide bonds. The van der Waals surface area contributed by atoms with Crippen molar-refractivity contribution in [2.45, 2.75) is 6.18 Å². The topological polar surface area (TPSA) is 59.2 Å². The third-order valence-corrected chi connectivity index (χ3v) is 4.13. The van der Waals surface area contributed by atoms with Gasteiger partial charge in [-0.2, -0.15) is 13.2 Å². The van der Waals surface area contributed by atoms with Gasteiger partial charge in [0.1, 0.15) is 5.82 Å². The van der Waals surface area contributed by atoms with Crippen LogP contribution in [0.1, 0.15) is 0 Å². The van der Waals surface area contributed by atoms with Crippen LogP contribution in [0.15, 0.2) is 30.5 Å². The van der Waals surface area contributed by atoms with Crippen LogP contribution < -0.4 is 10.6 Å². The van der Waals surface area contributed by atoms with Crippen molar-refractivity contribution in [2.24, 2.45) is 17.6 Å². The van der Waals surface area contributed by atoms with Crippen LogP contribution in [-0.2, 0) is 4.79 Å². The molecule has 0 unspecified atom stereocenters. The quantitative estimate of drug-likeness (QED) is 0.862. The molecule has 1 aromatic carbocycles. The second-order valence-electron chi connectivity index (χ2n) is 5.55. The van der Waals surface area contributed by atoms with E-state index < -0.39 is 29.7 Å². The second kappa shape index (κ2) is 5.36. The molecule has 2 aromatic rings. The number of nitrogens with two attached hydrogens (primary N) is 1. The number of primary amides is 1. The average molecular weight is 327 g/mol. The van der Waals surface area contributed by atoms with Crippen molar-refractivity contribution in [1.82, 2.24) is 4.98 Å². The molecule has 3 rings (SSSR count). The Bertz CT molecular complexity index is 762. The number of carbonyl (C=O) groups is 1. The van der Waals surface area contributed by atoms with Gasteiger partial charge in [0.15, 0.2) is 0 Å². The number of nitrogens with zero attached hydrogens (tertiary/aromatic N) is 2. The number of hydrogen-bond acceptors (Lipinski definition) is 3. The first kappa shape index (κ1) is 15.5. The molecule has 23 heavy (non-hydrogen) atoms. The van der Waals surface area contributed by atoms with Gasteiger partial charge in [0.2, 0.25) is 5.91 Å². The second-order valence-corrected chi connectivity index (χ2v) is 5.55. The predicted molar refractivity (Wildman–Crippen MR) is 76.1 cm³/mol. The van der Waals surface area contributed by atoms with E-state index in [1.54, 1.807) is 6.07 Å². The molecule has 1 aliphatic rings. The SMILES string of the molecule is NC(=O)[C@@H]1CN(c2ccnc3cc(F)ccc23)C[C@H]1C(F)(F)F. The van der Waals surface area contributed by atoms with Gasteiger partial charge in [-0.05, 0) is 18.2 Å². The Morgan fingerprint density at radius 1 is 1.26 bits per heavy atom. The molecule has 122 valence electrons. The third kappa shape index (κ3) is 2.80. The molecule has 1 saturated heterocycles. The fourth-order valence-corrected chi connectivity index (χ4v) is 3.00. The van der Waals surface area contributed by atoms with Gasteiger partial charge in [-0.3, -0.25) is 9.78 Å². The molecule has 8 heteroatoms. The fraction of sp³-hybridized carbons (Fsp3) is 0.333. The zero-order valence-corrected chi connectivity index (χ0v) is 11.8. The van der Waals surface area contributed by atoms with Crippen molar-refractivity contribution in [1.29, 1.82) is 0 Å². The summed E-state index contributed by atoms with van der Waals surface area (Å²) in [5.41, 5.74) is 5.95. The van der Waals surface area contributed by atoms with Crippen LogP contribution in [0.5, 0.6) is 0 Å². The lowest BCUT2D eigenvalue weighted by Gasteiger charge is -2.21. The average Bonchev–Trinajstić information content (AvgIpc) is 2.91. The van der Waals surface area contributed by atoms with Gasteiger partial charge in [0, 0.05) is 36.4 Å². The van der Waals surface area contributed by atoms with E-state index in [0.717, 1.165) is 0 Å². The molecular weight excluding hydrogens is 314 g/mol. The highest BCUT2D eigenvalue weighted by Gasteiger charge is 2.52. The summed E-state index contributed by atoms with van der Waals surface area (Å²) in [7, 11) is 0. The maximum Gasteiger partial charge on any atom is 0.394 e. The minimum Gasteiger partial charge on any atom is -0.369 e. The Kier molecular flexibility index (Phi) is 3.62. The maximum atomic E-state index is 13.3. The number of rotatable bonds is 2. The summed E-state index contributed by atoms with van der Waals surface area (Å²) in [6.45, 7) is -0.496. The molecule has 2 N–H and O–H groups in total. The van der Waals surface area contributed by atoms with E-state index in [4.69, 9.17) is 5.73 Å². The van der Waals surface area contributed by atoms with Gasteiger partial charge < -0.3 is 10.6 Å². The largest absolute Gasteiger partial charge is 0.394 e. The number of aromatic nitrogens is 1. The number of carbonyl (C=O) groups excluding carboxylic acids is 1. The van der Waals surface area contributed by atoms with E-state index in [1.807, 2.05) is 0 Å². The first-order chi connectivity index (χ1) is 10.8. The van der Waals surface area contributed by atoms with Crippen LogP contribution in [0.4, 0.5) is 23.2 Å². The zero-order chi connectivity index (χ0) is 16.8. The summed E-state index contributed by atoms with van der Waals surface area (Å²) in [5, 5.41) is 0.528. The van der Waals surface area contributed by atoms with Crippen molar-refractivity contribution in [3.63, 3.8) is 0 Å². The highest BCUT2D eigenvalue weighted by molar-refractivity contribution is 5.92. The molecule has 1 aliphatic heterocycles. The summed E-state index contributed by atoms with van der Waals surface area (Å²) in [4.78, 5) is 16.8. The number of benzene rings is 1. The minimum atomic E-state index is -4.51. The lowest BCUT2D eigenvalue weighted by Crippen LogP contribution is -2.37. The van der Waals surface area contributed by atoms with Crippen LogP contribution >= 0.6 is 0 Å². The molecule has 0 aliphatic carbocycles. The summed E-state index contributed by atoms with van der Waals surface area (Å²) < 4.78 is 52.7. The molecule has 2 atom stereocenters. The Morgan fingerprint density at radius 2 is 2.00 bits per heavy atom. The number of halogens is 4. The number of alkyl halides is 3. The van der Waals surface area contributed by atoms with Gasteiger partial charge in [0.25, 0.3) is 0 Å². The minimum absolute atomic E-state index is 0.129. The van der Waals surface area contributed by atoms with E-state index in [1.165, 1.54) is 29.3 Å². The highest BCUT2D eigenvalue weighted by Crippen LogP contribution is 2.40. The van der Waals surface area contributed by atoms with Crippen LogP contribution in [0, 0.1) is 17.7 Å². The van der Waals surface area contributed by atoms with Crippen LogP contribution in [0.25, 0.3) is 10.9 Å². The first-order valence-electron chi connectivity index (χ1n) is 6.92. The molecule has 0 spiro atoms. The van der Waals surface area contributed by atoms with Crippen molar-refractivity contribution in [3.8, 4) is 0 Å². The summed E-state index contributed by atoms with van der Waals surface area (Å²) in [6, 6.07) is 5.45. The number of fused-ring (bicyclic) bond motifs is 1. The molecule has 1 fully saturated rings. The van der Waals surface area contributed by atoms with Gasteiger partial charge >= 0.3 is 6.18 Å². The molecule has 0 radical (unpaired) electrons. The molecule has 4 nitrogen and oxygen atoms in total. The van der Waals surface area contributed by atoms with Crippen molar-refractivity contribution in [3.05, 3.63) is 36.3 Å². The Morgan fingerprint density at radius 3 is 2.61 bits per heavy atom. The smallest absolute Gasteiger partial charge is 0.369 e. The summed E-state index contributed by atoms with van der Waals surface area (Å²) >= 11 is 0. The van der Waals surface area contributed by atoms with E-state index in [0.29, 0.717) is 16.6 Å². The number of pyridine rings is 1. The molecule has 0 bridgehead atoms. The number of hydrogen-bond donors (Lipinski definition) is 1. The number of amides is 1. The molecule has 2 heterocycles. The standard InChI is InChI=1S/C15H13F4N3O/c16-8-1-2-9-12(5-8)21-4-3-13(9)22-6-10(14(20)23)11(7-22)15(17,18)19/h1-5,10-11H,6-7H2,(H2,20,23)/t10-,11-/m1/s1. The first-order valence-corrected chi connectivity index (χ1v) is 6.92. The third-order valence-electron chi connectivity index (χ3n) is 4.13. The van der Waals surface area contributed by atoms with Gasteiger partial charge in [-0.1, -0.05) is 0 Å². The van der Waals surface area contributed by atoms with E-state index in [9.17, 15) is 22.4 Å². The summed E-state index contributed by atoms with van der Waals surface area (Å²) in [5.74, 6) is -4.58. The fourth-order valence-electron chi connectivity index (χ4n) is 3.00. The highest BCUT2D eigenvalue weighted by atomic mass is 19.4. The Balaban J connectivity index is 2.02. The molecule has 0 saturated carbocycles. The van der Waals surface area contributed by atoms with Gasteiger partial charge in [0.05, 0.1) is 17.4 Å². The van der Waals surface area contributed by atoms with Crippen LogP contribution in [-0.4, -0.2) is 30.2 Å². The normalized spacial score (nSPS) is 21.8. The van der Waals surface area contributed by atoms with Crippen molar-refractivity contribution in [2.75, 3.05) is 18.0 Å². The summed E-state index contributed by atoms with van der Waals surface area (Å²) in [6.07, 6.45) is -3.11. The van der Waals surface area contributed by atoms with Crippen molar-refractivity contribution >= 4 is 22.5 Å². The Labute approximate surface area is 128 Å². The van der Waals surface area contributed by atoms with E-state index >= 15 is 0 Å². The van der Waals surface area contributed by atoms with Crippen LogP contribution in [0.3, 0.4) is 0 Å². The maximum absolute atomic E-state index is 13.3. The van der Waals surface area contributed by atoms with Gasteiger partial charge in [-0.25, -0.2) is 4.39 Å². The predicted octanol–water partition coefficient (Wildman–Crippen LogP) is 2.47. The molecule has 1 aromatic heterocycles. The van der Waals surface area contributed by atoms with Crippen molar-refractivity contribution < 1.29 is 22.4 Å². The van der Waals surface area contributed by atoms with Crippen LogP contribution in [0.2, 0.25) is 0 Å². The van der Waals surface area contributed by atoms with E-state index in [-0.39, 0.29) is 13.1 Å².